The van der Waals surface area contributed by atoms with E-state index in [4.69, 9.17) is 9.47 Å². The summed E-state index contributed by atoms with van der Waals surface area (Å²) in [6, 6.07) is 13.0. The second-order valence-electron chi connectivity index (χ2n) is 7.61. The number of rotatable bonds is 7. The van der Waals surface area contributed by atoms with Gasteiger partial charge in [-0.15, -0.1) is 0 Å². The van der Waals surface area contributed by atoms with Crippen molar-refractivity contribution in [3.63, 3.8) is 0 Å². The van der Waals surface area contributed by atoms with Gasteiger partial charge in [-0.25, -0.2) is 22.0 Å². The van der Waals surface area contributed by atoms with Crippen LogP contribution in [0, 0.1) is 0 Å². The van der Waals surface area contributed by atoms with Crippen molar-refractivity contribution < 1.29 is 32.2 Å². The second kappa shape index (κ2) is 9.14. The van der Waals surface area contributed by atoms with Crippen molar-refractivity contribution in [2.75, 3.05) is 21.3 Å². The highest BCUT2D eigenvalue weighted by atomic mass is 32.2. The summed E-state index contributed by atoms with van der Waals surface area (Å²) in [7, 11) is -0.0746. The summed E-state index contributed by atoms with van der Waals surface area (Å²) >= 11 is 0. The molecular formula is C23H26N2O7S. The molecular weight excluding hydrogens is 448 g/mol. The van der Waals surface area contributed by atoms with E-state index < -0.39 is 33.5 Å². The van der Waals surface area contributed by atoms with E-state index in [9.17, 15) is 18.0 Å². The molecule has 0 aliphatic carbocycles. The highest BCUT2D eigenvalue weighted by molar-refractivity contribution is 7.90. The van der Waals surface area contributed by atoms with Crippen LogP contribution in [0.3, 0.4) is 0 Å². The second-order valence-corrected chi connectivity index (χ2v) is 9.43. The van der Waals surface area contributed by atoms with Gasteiger partial charge in [0.05, 0.1) is 31.7 Å². The Balaban J connectivity index is 2.19. The van der Waals surface area contributed by atoms with Crippen LogP contribution in [0.4, 0.5) is 4.79 Å². The van der Waals surface area contributed by atoms with Crippen molar-refractivity contribution in [3.8, 4) is 5.75 Å². The third-order valence-electron chi connectivity index (χ3n) is 5.81. The largest absolute Gasteiger partial charge is 0.497 e. The summed E-state index contributed by atoms with van der Waals surface area (Å²) in [5, 5.41) is 3.16. The Bertz CT molecular complexity index is 1280. The van der Waals surface area contributed by atoms with Crippen molar-refractivity contribution in [3.05, 3.63) is 60.3 Å². The maximum Gasteiger partial charge on any atom is 0.407 e. The predicted octanol–water partition coefficient (Wildman–Crippen LogP) is 3.28. The average molecular weight is 475 g/mol. The first kappa shape index (κ1) is 24.1. The maximum atomic E-state index is 13.5. The highest BCUT2D eigenvalue weighted by Gasteiger charge is 2.44. The first-order valence-corrected chi connectivity index (χ1v) is 11.5. The molecule has 1 amide bonds. The van der Waals surface area contributed by atoms with Crippen LogP contribution in [0.5, 0.6) is 5.75 Å². The van der Waals surface area contributed by atoms with Crippen LogP contribution in [0.1, 0.15) is 25.3 Å². The van der Waals surface area contributed by atoms with Crippen LogP contribution in [-0.2, 0) is 24.3 Å². The Labute approximate surface area is 192 Å². The lowest BCUT2D eigenvalue weighted by Gasteiger charge is -2.33. The number of para-hydroxylation sites is 1. The van der Waals surface area contributed by atoms with Gasteiger partial charge in [0.15, 0.2) is 0 Å². The van der Waals surface area contributed by atoms with E-state index in [0.717, 1.165) is 0 Å². The fourth-order valence-electron chi connectivity index (χ4n) is 3.70. The number of amides is 1. The zero-order chi connectivity index (χ0) is 24.4. The lowest BCUT2D eigenvalue weighted by Crippen LogP contribution is -2.56. The summed E-state index contributed by atoms with van der Waals surface area (Å²) in [5.41, 5.74) is -0.562. The number of alkyl carbamates (subject to hydrolysis) is 1. The van der Waals surface area contributed by atoms with Gasteiger partial charge < -0.3 is 19.5 Å². The van der Waals surface area contributed by atoms with Gasteiger partial charge in [0.1, 0.15) is 11.3 Å². The van der Waals surface area contributed by atoms with Crippen molar-refractivity contribution >= 4 is 33.0 Å². The minimum atomic E-state index is -3.97. The molecule has 0 saturated heterocycles. The molecule has 0 radical (unpaired) electrons. The van der Waals surface area contributed by atoms with Gasteiger partial charge in [0, 0.05) is 17.5 Å². The Hall–Kier alpha value is -3.53. The molecule has 0 unspecified atom stereocenters. The SMILES string of the molecule is COC(=O)N[C@](C)(C(=O)OC)[C@@H](C)c1cn(S(=O)(=O)c2ccc(OC)cc2)c2ccccc12. The molecule has 2 atom stereocenters. The zero-order valence-electron chi connectivity index (χ0n) is 19.0. The van der Waals surface area contributed by atoms with Gasteiger partial charge in [-0.2, -0.15) is 0 Å². The first-order valence-electron chi connectivity index (χ1n) is 10.0. The summed E-state index contributed by atoms with van der Waals surface area (Å²) in [5.74, 6) is -0.847. The summed E-state index contributed by atoms with van der Waals surface area (Å²) in [4.78, 5) is 24.8. The molecule has 0 aliphatic heterocycles. The van der Waals surface area contributed by atoms with Gasteiger partial charge in [-0.05, 0) is 42.8 Å². The Kier molecular flexibility index (Phi) is 6.68. The molecule has 2 aromatic carbocycles. The Morgan fingerprint density at radius 3 is 2.21 bits per heavy atom. The molecule has 1 N–H and O–H groups in total. The Morgan fingerprint density at radius 1 is 1.00 bits per heavy atom. The number of methoxy groups -OCH3 is 3. The van der Waals surface area contributed by atoms with Crippen molar-refractivity contribution in [1.82, 2.24) is 9.29 Å². The number of carbonyl (C=O) groups is 2. The maximum absolute atomic E-state index is 13.5. The molecule has 3 rings (SSSR count). The fourth-order valence-corrected chi connectivity index (χ4v) is 5.08. The average Bonchev–Trinajstić information content (AvgIpc) is 3.23. The number of carbonyl (C=O) groups excluding carboxylic acids is 2. The van der Waals surface area contributed by atoms with Crippen molar-refractivity contribution in [2.45, 2.75) is 30.2 Å². The van der Waals surface area contributed by atoms with Gasteiger partial charge in [-0.3, -0.25) is 0 Å². The number of hydrogen-bond donors (Lipinski definition) is 1. The van der Waals surface area contributed by atoms with Gasteiger partial charge in [0.2, 0.25) is 0 Å². The molecule has 0 spiro atoms. The summed E-state index contributed by atoms with van der Waals surface area (Å²) in [6.07, 6.45) is 0.652. The quantitative estimate of drug-likeness (QED) is 0.523. The molecule has 33 heavy (non-hydrogen) atoms. The van der Waals surface area contributed by atoms with Gasteiger partial charge >= 0.3 is 12.1 Å². The van der Waals surface area contributed by atoms with E-state index in [1.807, 2.05) is 0 Å². The number of fused-ring (bicyclic) bond motifs is 1. The molecule has 3 aromatic rings. The molecule has 0 bridgehead atoms. The number of benzene rings is 2. The minimum Gasteiger partial charge on any atom is -0.497 e. The van der Waals surface area contributed by atoms with Crippen molar-refractivity contribution in [1.29, 1.82) is 0 Å². The smallest absolute Gasteiger partial charge is 0.407 e. The predicted molar refractivity (Wildman–Crippen MR) is 122 cm³/mol. The molecule has 0 aliphatic rings. The first-order chi connectivity index (χ1) is 15.6. The fraction of sp³-hybridized carbons (Fsp3) is 0.304. The van der Waals surface area contributed by atoms with E-state index >= 15 is 0 Å². The standard InChI is InChI=1S/C23H26N2O7S/c1-15(23(2,21(26)31-4)24-22(27)32-5)19-14-25(20-9-7-6-8-18(19)20)33(28,29)17-12-10-16(30-3)11-13-17/h6-15H,1-5H3,(H,24,27)/t15-,23-/m0/s1. The normalized spacial score (nSPS) is 14.2. The lowest BCUT2D eigenvalue weighted by molar-refractivity contribution is -0.148. The van der Waals surface area contributed by atoms with Crippen LogP contribution in [0.15, 0.2) is 59.6 Å². The van der Waals surface area contributed by atoms with Crippen LogP contribution >= 0.6 is 0 Å². The van der Waals surface area contributed by atoms with E-state index in [2.05, 4.69) is 10.1 Å². The molecule has 9 nitrogen and oxygen atoms in total. The van der Waals surface area contributed by atoms with E-state index in [1.54, 1.807) is 43.3 Å². The molecule has 176 valence electrons. The van der Waals surface area contributed by atoms with E-state index in [1.165, 1.54) is 50.6 Å². The third-order valence-corrected chi connectivity index (χ3v) is 7.50. The number of ether oxygens (including phenoxy) is 3. The van der Waals surface area contributed by atoms with E-state index in [-0.39, 0.29) is 4.90 Å². The number of esters is 1. The summed E-state index contributed by atoms with van der Waals surface area (Å²) in [6.45, 7) is 3.21. The molecule has 0 saturated carbocycles. The monoisotopic (exact) mass is 474 g/mol. The van der Waals surface area contributed by atoms with Crippen LogP contribution < -0.4 is 10.1 Å². The van der Waals surface area contributed by atoms with Gasteiger partial charge in [0.25, 0.3) is 10.0 Å². The van der Waals surface area contributed by atoms with E-state index in [0.29, 0.717) is 22.2 Å². The minimum absolute atomic E-state index is 0.0756. The highest BCUT2D eigenvalue weighted by Crippen LogP contribution is 2.36. The topological polar surface area (TPSA) is 113 Å². The number of nitrogens with zero attached hydrogens (tertiary/aromatic N) is 1. The Morgan fingerprint density at radius 2 is 1.64 bits per heavy atom. The summed E-state index contributed by atoms with van der Waals surface area (Å²) < 4.78 is 42.9. The molecule has 1 heterocycles. The molecule has 1 aromatic heterocycles. The molecule has 10 heteroatoms. The third kappa shape index (κ3) is 4.25. The number of nitrogens with one attached hydrogen (secondary N) is 1. The number of hydrogen-bond acceptors (Lipinski definition) is 7. The lowest BCUT2D eigenvalue weighted by atomic mass is 9.81. The van der Waals surface area contributed by atoms with Gasteiger partial charge in [-0.1, -0.05) is 25.1 Å². The van der Waals surface area contributed by atoms with Crippen molar-refractivity contribution in [2.24, 2.45) is 0 Å². The zero-order valence-corrected chi connectivity index (χ0v) is 19.8. The number of aromatic nitrogens is 1. The van der Waals surface area contributed by atoms with Crippen LogP contribution in [-0.4, -0.2) is 51.3 Å². The van der Waals surface area contributed by atoms with Crippen LogP contribution in [0.2, 0.25) is 0 Å². The molecule has 0 fully saturated rings. The van der Waals surface area contributed by atoms with Crippen LogP contribution in [0.25, 0.3) is 10.9 Å².